The Morgan fingerprint density at radius 3 is 2.45 bits per heavy atom. The lowest BCUT2D eigenvalue weighted by Crippen LogP contribution is -2.40. The second kappa shape index (κ2) is 9.84. The molecule has 1 aliphatic rings. The molecule has 0 bridgehead atoms. The minimum Gasteiger partial charge on any atom is -0.462 e. The molecule has 3 rings (SSSR count). The number of carbonyl (C=O) groups is 1. The third-order valence-electron chi connectivity index (χ3n) is 4.79. The maximum Gasteiger partial charge on any atom is 0.338 e. The van der Waals surface area contributed by atoms with Crippen LogP contribution in [0.3, 0.4) is 0 Å². The summed E-state index contributed by atoms with van der Waals surface area (Å²) in [7, 11) is -3.66. The Hall–Kier alpha value is -1.74. The van der Waals surface area contributed by atoms with Crippen LogP contribution < -0.4 is 0 Å². The maximum absolute atomic E-state index is 13.0. The first kappa shape index (κ1) is 22.0. The molecule has 1 aliphatic heterocycles. The Kier molecular flexibility index (Phi) is 7.45. The van der Waals surface area contributed by atoms with Gasteiger partial charge in [-0.15, -0.1) is 0 Å². The highest BCUT2D eigenvalue weighted by molar-refractivity contribution is 9.10. The average molecular weight is 482 g/mol. The van der Waals surface area contributed by atoms with Gasteiger partial charge in [-0.3, -0.25) is 0 Å². The standard InChI is InChI=1S/C21H24BrNO5S/c1-2-27-21(24)17-8-9-20(19(22)14-17)29(25,26)23-12-10-18(11-13-23)28-15-16-6-4-3-5-7-16/h3-9,14,18H,2,10-13,15H2,1H3. The third kappa shape index (κ3) is 5.45. The molecule has 2 aromatic rings. The molecule has 2 aromatic carbocycles. The zero-order valence-electron chi connectivity index (χ0n) is 16.2. The fourth-order valence-electron chi connectivity index (χ4n) is 3.22. The monoisotopic (exact) mass is 481 g/mol. The smallest absolute Gasteiger partial charge is 0.338 e. The Bertz CT molecular complexity index is 941. The van der Waals surface area contributed by atoms with Crippen LogP contribution in [0.5, 0.6) is 0 Å². The Morgan fingerprint density at radius 1 is 1.14 bits per heavy atom. The molecule has 1 saturated heterocycles. The van der Waals surface area contributed by atoms with Crippen LogP contribution in [0.2, 0.25) is 0 Å². The SMILES string of the molecule is CCOC(=O)c1ccc(S(=O)(=O)N2CCC(OCc3ccccc3)CC2)c(Br)c1. The lowest BCUT2D eigenvalue weighted by molar-refractivity contribution is 0.0102. The van der Waals surface area contributed by atoms with E-state index < -0.39 is 16.0 Å². The molecule has 0 N–H and O–H groups in total. The summed E-state index contributed by atoms with van der Waals surface area (Å²) in [6, 6.07) is 14.3. The molecule has 0 spiro atoms. The van der Waals surface area contributed by atoms with Gasteiger partial charge in [0.25, 0.3) is 0 Å². The fraction of sp³-hybridized carbons (Fsp3) is 0.381. The van der Waals surface area contributed by atoms with Crippen molar-refractivity contribution in [2.75, 3.05) is 19.7 Å². The van der Waals surface area contributed by atoms with Crippen LogP contribution in [0.4, 0.5) is 0 Å². The molecule has 0 atom stereocenters. The summed E-state index contributed by atoms with van der Waals surface area (Å²) in [5.41, 5.74) is 1.42. The minimum absolute atomic E-state index is 0.0382. The number of benzene rings is 2. The lowest BCUT2D eigenvalue weighted by Gasteiger charge is -2.31. The maximum atomic E-state index is 13.0. The average Bonchev–Trinajstić information content (AvgIpc) is 2.73. The zero-order valence-corrected chi connectivity index (χ0v) is 18.6. The van der Waals surface area contributed by atoms with Crippen molar-refractivity contribution in [3.8, 4) is 0 Å². The molecule has 8 heteroatoms. The number of piperidine rings is 1. The number of rotatable bonds is 7. The third-order valence-corrected chi connectivity index (χ3v) is 7.67. The molecular formula is C21H24BrNO5S. The molecule has 0 radical (unpaired) electrons. The first-order valence-electron chi connectivity index (χ1n) is 9.54. The van der Waals surface area contributed by atoms with E-state index in [1.165, 1.54) is 22.5 Å². The van der Waals surface area contributed by atoms with Crippen molar-refractivity contribution < 1.29 is 22.7 Å². The second-order valence-electron chi connectivity index (χ2n) is 6.77. The molecule has 0 aliphatic carbocycles. The summed E-state index contributed by atoms with van der Waals surface area (Å²) in [5, 5.41) is 0. The van der Waals surface area contributed by atoms with Crippen molar-refractivity contribution >= 4 is 31.9 Å². The van der Waals surface area contributed by atoms with Crippen molar-refractivity contribution in [1.29, 1.82) is 0 Å². The minimum atomic E-state index is -3.66. The Balaban J connectivity index is 1.61. The van der Waals surface area contributed by atoms with Gasteiger partial charge in [0.1, 0.15) is 0 Å². The normalized spacial score (nSPS) is 15.9. The first-order chi connectivity index (χ1) is 13.9. The van der Waals surface area contributed by atoms with E-state index in [-0.39, 0.29) is 17.6 Å². The summed E-state index contributed by atoms with van der Waals surface area (Å²) in [6.07, 6.45) is 1.33. The van der Waals surface area contributed by atoms with E-state index in [9.17, 15) is 13.2 Å². The van der Waals surface area contributed by atoms with Crippen LogP contribution in [0.25, 0.3) is 0 Å². The van der Waals surface area contributed by atoms with Gasteiger partial charge in [0, 0.05) is 17.6 Å². The molecular weight excluding hydrogens is 458 g/mol. The molecule has 6 nitrogen and oxygen atoms in total. The summed E-state index contributed by atoms with van der Waals surface area (Å²) in [6.45, 7) is 3.30. The Morgan fingerprint density at radius 2 is 1.83 bits per heavy atom. The largest absolute Gasteiger partial charge is 0.462 e. The van der Waals surface area contributed by atoms with Crippen molar-refractivity contribution in [3.05, 3.63) is 64.1 Å². The van der Waals surface area contributed by atoms with Crippen LogP contribution >= 0.6 is 15.9 Å². The molecule has 1 heterocycles. The van der Waals surface area contributed by atoms with Gasteiger partial charge in [-0.2, -0.15) is 4.31 Å². The van der Waals surface area contributed by atoms with Crippen molar-refractivity contribution in [2.24, 2.45) is 0 Å². The summed E-state index contributed by atoms with van der Waals surface area (Å²) in [5.74, 6) is -0.478. The van der Waals surface area contributed by atoms with E-state index in [0.717, 1.165) is 5.56 Å². The predicted octanol–water partition coefficient (Wildman–Crippen LogP) is 4.00. The highest BCUT2D eigenvalue weighted by atomic mass is 79.9. The second-order valence-corrected chi connectivity index (χ2v) is 9.53. The van der Waals surface area contributed by atoms with Gasteiger partial charge in [-0.25, -0.2) is 13.2 Å². The van der Waals surface area contributed by atoms with Crippen LogP contribution in [0, 0.1) is 0 Å². The van der Waals surface area contributed by atoms with Crippen molar-refractivity contribution in [1.82, 2.24) is 4.31 Å². The summed E-state index contributed by atoms with van der Waals surface area (Å²) >= 11 is 3.29. The van der Waals surface area contributed by atoms with Crippen LogP contribution in [-0.2, 0) is 26.1 Å². The van der Waals surface area contributed by atoms with E-state index in [2.05, 4.69) is 15.9 Å². The fourth-order valence-corrected chi connectivity index (χ4v) is 5.73. The van der Waals surface area contributed by atoms with E-state index in [1.54, 1.807) is 6.92 Å². The molecule has 0 amide bonds. The number of esters is 1. The summed E-state index contributed by atoms with van der Waals surface area (Å²) < 4.78 is 38.8. The topological polar surface area (TPSA) is 72.9 Å². The highest BCUT2D eigenvalue weighted by Gasteiger charge is 2.31. The van der Waals surface area contributed by atoms with Crippen LogP contribution in [0.1, 0.15) is 35.7 Å². The highest BCUT2D eigenvalue weighted by Crippen LogP contribution is 2.29. The van der Waals surface area contributed by atoms with E-state index in [4.69, 9.17) is 9.47 Å². The van der Waals surface area contributed by atoms with Crippen molar-refractivity contribution in [2.45, 2.75) is 37.4 Å². The van der Waals surface area contributed by atoms with Gasteiger partial charge in [0.2, 0.25) is 10.0 Å². The molecule has 0 unspecified atom stereocenters. The molecule has 156 valence electrons. The van der Waals surface area contributed by atoms with Gasteiger partial charge in [-0.1, -0.05) is 30.3 Å². The zero-order chi connectivity index (χ0) is 20.9. The molecule has 29 heavy (non-hydrogen) atoms. The number of ether oxygens (including phenoxy) is 2. The molecule has 0 aromatic heterocycles. The van der Waals surface area contributed by atoms with Crippen LogP contribution in [-0.4, -0.2) is 44.5 Å². The van der Waals surface area contributed by atoms with Gasteiger partial charge in [0.05, 0.1) is 29.8 Å². The number of nitrogens with zero attached hydrogens (tertiary/aromatic N) is 1. The number of hydrogen-bond acceptors (Lipinski definition) is 5. The number of sulfonamides is 1. The lowest BCUT2D eigenvalue weighted by atomic mass is 10.1. The molecule has 0 saturated carbocycles. The number of halogens is 1. The van der Waals surface area contributed by atoms with Crippen molar-refractivity contribution in [3.63, 3.8) is 0 Å². The van der Waals surface area contributed by atoms with E-state index >= 15 is 0 Å². The molecule has 1 fully saturated rings. The van der Waals surface area contributed by atoms with Crippen LogP contribution in [0.15, 0.2) is 57.9 Å². The quantitative estimate of drug-likeness (QED) is 0.558. The number of hydrogen-bond donors (Lipinski definition) is 0. The van der Waals surface area contributed by atoms with E-state index in [1.807, 2.05) is 30.3 Å². The van der Waals surface area contributed by atoms with Gasteiger partial charge in [-0.05, 0) is 59.5 Å². The van der Waals surface area contributed by atoms with Gasteiger partial charge < -0.3 is 9.47 Å². The number of carbonyl (C=O) groups excluding carboxylic acids is 1. The predicted molar refractivity (Wildman–Crippen MR) is 113 cm³/mol. The Labute approximate surface area is 180 Å². The summed E-state index contributed by atoms with van der Waals surface area (Å²) in [4.78, 5) is 12.0. The van der Waals surface area contributed by atoms with Gasteiger partial charge in [0.15, 0.2) is 0 Å². The first-order valence-corrected chi connectivity index (χ1v) is 11.8. The van der Waals surface area contributed by atoms with Gasteiger partial charge >= 0.3 is 5.97 Å². The van der Waals surface area contributed by atoms with E-state index in [0.29, 0.717) is 42.6 Å².